The second-order valence-electron chi connectivity index (χ2n) is 5.54. The summed E-state index contributed by atoms with van der Waals surface area (Å²) in [6.07, 6.45) is 3.21. The van der Waals surface area contributed by atoms with Crippen LogP contribution in [0.3, 0.4) is 0 Å². The number of nitrogens with zero attached hydrogens (tertiary/aromatic N) is 1. The topological polar surface area (TPSA) is 67.6 Å². The Bertz CT molecular complexity index is 296. The molecule has 0 bridgehead atoms. The summed E-state index contributed by atoms with van der Waals surface area (Å²) in [5.74, 6) is 0.675. The standard InChI is InChI=1S/C13H27N3O2S/c1-18-8-9-19(17)11-3-6-16(7-4-11)13-2-5-15-10-12(13)14/h11-13,15H,2-10,14H2,1H3. The van der Waals surface area contributed by atoms with Gasteiger partial charge in [0.05, 0.1) is 6.61 Å². The van der Waals surface area contributed by atoms with Gasteiger partial charge in [-0.15, -0.1) is 0 Å². The van der Waals surface area contributed by atoms with Gasteiger partial charge in [-0.1, -0.05) is 0 Å². The number of hydrogen-bond acceptors (Lipinski definition) is 5. The van der Waals surface area contributed by atoms with E-state index in [1.54, 1.807) is 7.11 Å². The average Bonchev–Trinajstić information content (AvgIpc) is 2.45. The summed E-state index contributed by atoms with van der Waals surface area (Å²) >= 11 is 0. The van der Waals surface area contributed by atoms with E-state index in [0.717, 1.165) is 45.4 Å². The Kier molecular flexibility index (Phi) is 6.22. The predicted molar refractivity (Wildman–Crippen MR) is 78.7 cm³/mol. The third kappa shape index (κ3) is 4.23. The molecule has 6 heteroatoms. The molecule has 0 aromatic heterocycles. The van der Waals surface area contributed by atoms with E-state index in [0.29, 0.717) is 23.7 Å². The highest BCUT2D eigenvalue weighted by Crippen LogP contribution is 2.21. The summed E-state index contributed by atoms with van der Waals surface area (Å²) < 4.78 is 17.1. The van der Waals surface area contributed by atoms with E-state index in [1.807, 2.05) is 0 Å². The van der Waals surface area contributed by atoms with Crippen LogP contribution in [-0.4, -0.2) is 72.1 Å². The van der Waals surface area contributed by atoms with E-state index in [4.69, 9.17) is 10.5 Å². The lowest BCUT2D eigenvalue weighted by molar-refractivity contribution is 0.122. The van der Waals surface area contributed by atoms with Crippen molar-refractivity contribution in [3.05, 3.63) is 0 Å². The lowest BCUT2D eigenvalue weighted by Crippen LogP contribution is -2.58. The third-order valence-electron chi connectivity index (χ3n) is 4.30. The van der Waals surface area contributed by atoms with Gasteiger partial charge in [0.2, 0.25) is 0 Å². The summed E-state index contributed by atoms with van der Waals surface area (Å²) in [6.45, 7) is 4.68. The van der Waals surface area contributed by atoms with Crippen molar-refractivity contribution in [2.75, 3.05) is 45.6 Å². The molecule has 0 saturated carbocycles. The average molecular weight is 289 g/mol. The van der Waals surface area contributed by atoms with Gasteiger partial charge in [0, 0.05) is 47.5 Å². The Morgan fingerprint density at radius 3 is 2.74 bits per heavy atom. The van der Waals surface area contributed by atoms with Crippen molar-refractivity contribution < 1.29 is 8.95 Å². The molecule has 3 atom stereocenters. The molecule has 0 aromatic rings. The molecule has 19 heavy (non-hydrogen) atoms. The lowest BCUT2D eigenvalue weighted by atomic mass is 9.97. The summed E-state index contributed by atoms with van der Waals surface area (Å²) in [6, 6.07) is 0.749. The normalized spacial score (nSPS) is 32.3. The quantitative estimate of drug-likeness (QED) is 0.716. The van der Waals surface area contributed by atoms with Gasteiger partial charge in [0.1, 0.15) is 0 Å². The first kappa shape index (κ1) is 15.4. The van der Waals surface area contributed by atoms with Crippen LogP contribution in [0.15, 0.2) is 0 Å². The Morgan fingerprint density at radius 2 is 2.11 bits per heavy atom. The molecule has 2 aliphatic heterocycles. The maximum atomic E-state index is 12.1. The molecule has 3 unspecified atom stereocenters. The van der Waals surface area contributed by atoms with Crippen LogP contribution in [0, 0.1) is 0 Å². The fraction of sp³-hybridized carbons (Fsp3) is 1.00. The summed E-state index contributed by atoms with van der Waals surface area (Å²) in [5, 5.41) is 3.69. The molecule has 2 rings (SSSR count). The van der Waals surface area contributed by atoms with Crippen molar-refractivity contribution in [1.82, 2.24) is 10.2 Å². The maximum Gasteiger partial charge on any atom is 0.0577 e. The number of hydrogen-bond donors (Lipinski definition) is 2. The largest absolute Gasteiger partial charge is 0.384 e. The molecule has 0 spiro atoms. The predicted octanol–water partition coefficient (Wildman–Crippen LogP) is -0.465. The Hall–Kier alpha value is -0.0100. The fourth-order valence-electron chi connectivity index (χ4n) is 3.12. The monoisotopic (exact) mass is 289 g/mol. The van der Waals surface area contributed by atoms with Gasteiger partial charge in [0.15, 0.2) is 0 Å². The Morgan fingerprint density at radius 1 is 1.37 bits per heavy atom. The van der Waals surface area contributed by atoms with Crippen LogP contribution in [0.25, 0.3) is 0 Å². The number of nitrogens with one attached hydrogen (secondary N) is 1. The van der Waals surface area contributed by atoms with E-state index in [2.05, 4.69) is 10.2 Å². The van der Waals surface area contributed by atoms with Crippen molar-refractivity contribution in [3.8, 4) is 0 Å². The minimum atomic E-state index is -0.730. The molecule has 0 aliphatic carbocycles. The van der Waals surface area contributed by atoms with Gasteiger partial charge in [-0.25, -0.2) is 0 Å². The first-order chi connectivity index (χ1) is 9.22. The number of methoxy groups -OCH3 is 1. The van der Waals surface area contributed by atoms with Crippen LogP contribution in [0.2, 0.25) is 0 Å². The zero-order chi connectivity index (χ0) is 13.7. The number of nitrogens with two attached hydrogens (primary N) is 1. The number of ether oxygens (including phenoxy) is 1. The third-order valence-corrected chi connectivity index (χ3v) is 6.08. The van der Waals surface area contributed by atoms with Gasteiger partial charge in [-0.05, 0) is 38.9 Å². The molecular weight excluding hydrogens is 262 g/mol. The smallest absolute Gasteiger partial charge is 0.0577 e. The number of rotatable bonds is 5. The van der Waals surface area contributed by atoms with Crippen LogP contribution < -0.4 is 11.1 Å². The van der Waals surface area contributed by atoms with Gasteiger partial charge < -0.3 is 15.8 Å². The van der Waals surface area contributed by atoms with E-state index in [1.165, 1.54) is 0 Å². The molecule has 3 N–H and O–H groups in total. The summed E-state index contributed by atoms with van der Waals surface area (Å²) in [5.41, 5.74) is 6.19. The van der Waals surface area contributed by atoms with Crippen molar-refractivity contribution in [2.24, 2.45) is 5.73 Å². The molecule has 0 amide bonds. The first-order valence-electron chi connectivity index (χ1n) is 7.29. The number of piperidine rings is 2. The van der Waals surface area contributed by atoms with Crippen LogP contribution in [0.4, 0.5) is 0 Å². The maximum absolute atomic E-state index is 12.1. The molecule has 2 saturated heterocycles. The SMILES string of the molecule is COCCS(=O)C1CCN(C2CCNCC2N)CC1. The fourth-order valence-corrected chi connectivity index (χ4v) is 4.53. The zero-order valence-electron chi connectivity index (χ0n) is 11.8. The Labute approximate surface area is 118 Å². The first-order valence-corrected chi connectivity index (χ1v) is 8.67. The highest BCUT2D eigenvalue weighted by atomic mass is 32.2. The van der Waals surface area contributed by atoms with E-state index >= 15 is 0 Å². The molecule has 2 fully saturated rings. The minimum absolute atomic E-state index is 0.240. The van der Waals surface area contributed by atoms with Crippen molar-refractivity contribution >= 4 is 10.8 Å². The highest BCUT2D eigenvalue weighted by molar-refractivity contribution is 7.85. The van der Waals surface area contributed by atoms with E-state index in [-0.39, 0.29) is 6.04 Å². The van der Waals surface area contributed by atoms with Crippen LogP contribution in [0.5, 0.6) is 0 Å². The Balaban J connectivity index is 1.77. The van der Waals surface area contributed by atoms with Crippen molar-refractivity contribution in [1.29, 1.82) is 0 Å². The van der Waals surface area contributed by atoms with Gasteiger partial charge in [-0.3, -0.25) is 9.11 Å². The molecule has 0 aromatic carbocycles. The zero-order valence-corrected chi connectivity index (χ0v) is 12.7. The molecule has 2 aliphatic rings. The molecule has 5 nitrogen and oxygen atoms in total. The highest BCUT2D eigenvalue weighted by Gasteiger charge is 2.31. The van der Waals surface area contributed by atoms with E-state index in [9.17, 15) is 4.21 Å². The molecule has 2 heterocycles. The molecule has 112 valence electrons. The van der Waals surface area contributed by atoms with Gasteiger partial charge in [-0.2, -0.15) is 0 Å². The summed E-state index contributed by atoms with van der Waals surface area (Å²) in [4.78, 5) is 2.51. The molecular formula is C13H27N3O2S. The second-order valence-corrected chi connectivity index (χ2v) is 7.37. The van der Waals surface area contributed by atoms with Crippen LogP contribution in [0.1, 0.15) is 19.3 Å². The number of likely N-dealkylation sites (tertiary alicyclic amines) is 1. The minimum Gasteiger partial charge on any atom is -0.384 e. The van der Waals surface area contributed by atoms with E-state index < -0.39 is 10.8 Å². The van der Waals surface area contributed by atoms with Crippen molar-refractivity contribution in [3.63, 3.8) is 0 Å². The lowest BCUT2D eigenvalue weighted by Gasteiger charge is -2.42. The van der Waals surface area contributed by atoms with Crippen LogP contribution in [-0.2, 0) is 15.5 Å². The second kappa shape index (κ2) is 7.69. The van der Waals surface area contributed by atoms with Crippen LogP contribution >= 0.6 is 0 Å². The van der Waals surface area contributed by atoms with Crippen molar-refractivity contribution in [2.45, 2.75) is 36.6 Å². The van der Waals surface area contributed by atoms with Gasteiger partial charge in [0.25, 0.3) is 0 Å². The summed E-state index contributed by atoms with van der Waals surface area (Å²) in [7, 11) is 0.935. The van der Waals surface area contributed by atoms with Gasteiger partial charge >= 0.3 is 0 Å². The molecule has 0 radical (unpaired) electrons.